The van der Waals surface area contributed by atoms with Gasteiger partial charge in [-0.3, -0.25) is 0 Å². The highest BCUT2D eigenvalue weighted by molar-refractivity contribution is 6.30. The largest absolute Gasteiger partial charge is 0.493 e. The van der Waals surface area contributed by atoms with Crippen molar-refractivity contribution in [2.75, 3.05) is 0 Å². The van der Waals surface area contributed by atoms with Gasteiger partial charge in [0.1, 0.15) is 0 Å². The molecular formula is C17H16ClN3O. The molecular weight excluding hydrogens is 298 g/mol. The molecule has 0 aliphatic heterocycles. The molecule has 0 bridgehead atoms. The Balaban J connectivity index is 2.06. The van der Waals surface area contributed by atoms with Crippen LogP contribution in [0.2, 0.25) is 5.02 Å². The number of H-pyrrole nitrogens is 1. The minimum Gasteiger partial charge on any atom is -0.493 e. The van der Waals surface area contributed by atoms with E-state index in [1.54, 1.807) is 18.2 Å². The van der Waals surface area contributed by atoms with Gasteiger partial charge >= 0.3 is 0 Å². The molecule has 2 N–H and O–H groups in total. The average Bonchev–Trinajstić information content (AvgIpc) is 2.79. The Morgan fingerprint density at radius 1 is 1.09 bits per heavy atom. The smallest absolute Gasteiger partial charge is 0.218 e. The van der Waals surface area contributed by atoms with E-state index in [-0.39, 0.29) is 5.88 Å². The number of rotatable bonds is 3. The molecule has 2 aromatic carbocycles. The first kappa shape index (κ1) is 14.6. The van der Waals surface area contributed by atoms with Gasteiger partial charge in [0.15, 0.2) is 5.69 Å². The zero-order valence-electron chi connectivity index (χ0n) is 12.3. The first-order chi connectivity index (χ1) is 10.5. The van der Waals surface area contributed by atoms with Crippen LogP contribution in [0.1, 0.15) is 25.3 Å². The summed E-state index contributed by atoms with van der Waals surface area (Å²) >= 11 is 5.93. The second-order valence-corrected chi connectivity index (χ2v) is 5.90. The number of nitrogens with zero attached hydrogens (tertiary/aromatic N) is 2. The van der Waals surface area contributed by atoms with Gasteiger partial charge in [0.05, 0.1) is 11.2 Å². The van der Waals surface area contributed by atoms with Gasteiger partial charge in [0.25, 0.3) is 0 Å². The van der Waals surface area contributed by atoms with E-state index in [0.717, 1.165) is 10.9 Å². The van der Waals surface area contributed by atoms with Gasteiger partial charge in [-0.15, -0.1) is 5.11 Å². The number of aromatic hydroxyl groups is 1. The maximum absolute atomic E-state index is 10.1. The molecule has 0 unspecified atom stereocenters. The van der Waals surface area contributed by atoms with E-state index in [4.69, 9.17) is 11.6 Å². The van der Waals surface area contributed by atoms with Crippen molar-refractivity contribution in [3.05, 3.63) is 53.1 Å². The van der Waals surface area contributed by atoms with E-state index in [9.17, 15) is 5.11 Å². The fraction of sp³-hybridized carbons (Fsp3) is 0.176. The van der Waals surface area contributed by atoms with Gasteiger partial charge < -0.3 is 10.1 Å². The molecule has 22 heavy (non-hydrogen) atoms. The molecule has 5 heteroatoms. The second-order valence-electron chi connectivity index (χ2n) is 5.46. The topological polar surface area (TPSA) is 60.7 Å². The number of aromatic nitrogens is 1. The van der Waals surface area contributed by atoms with Gasteiger partial charge in [0, 0.05) is 10.4 Å². The van der Waals surface area contributed by atoms with Gasteiger partial charge in [-0.1, -0.05) is 37.6 Å². The Labute approximate surface area is 133 Å². The highest BCUT2D eigenvalue weighted by atomic mass is 35.5. The van der Waals surface area contributed by atoms with Crippen molar-refractivity contribution in [1.29, 1.82) is 0 Å². The summed E-state index contributed by atoms with van der Waals surface area (Å²) in [7, 11) is 0. The Morgan fingerprint density at radius 2 is 1.91 bits per heavy atom. The highest BCUT2D eigenvalue weighted by Gasteiger charge is 2.12. The first-order valence-electron chi connectivity index (χ1n) is 7.06. The van der Waals surface area contributed by atoms with Crippen LogP contribution in [0.3, 0.4) is 0 Å². The summed E-state index contributed by atoms with van der Waals surface area (Å²) in [6, 6.07) is 13.1. The van der Waals surface area contributed by atoms with E-state index in [0.29, 0.717) is 22.3 Å². The van der Waals surface area contributed by atoms with E-state index < -0.39 is 0 Å². The van der Waals surface area contributed by atoms with Gasteiger partial charge in [0.2, 0.25) is 5.88 Å². The number of benzene rings is 2. The minimum absolute atomic E-state index is 0.0154. The number of fused-ring (bicyclic) bond motifs is 1. The summed E-state index contributed by atoms with van der Waals surface area (Å²) in [5, 5.41) is 19.9. The Morgan fingerprint density at radius 3 is 2.64 bits per heavy atom. The molecule has 1 heterocycles. The van der Waals surface area contributed by atoms with Crippen LogP contribution in [0.4, 0.5) is 11.4 Å². The predicted octanol–water partition coefficient (Wildman–Crippen LogP) is 6.07. The normalized spacial score (nSPS) is 11.8. The number of hydrogen-bond acceptors (Lipinski definition) is 3. The quantitative estimate of drug-likeness (QED) is 0.567. The molecule has 3 rings (SSSR count). The number of halogens is 1. The van der Waals surface area contributed by atoms with Crippen molar-refractivity contribution in [2.24, 2.45) is 10.2 Å². The summed E-state index contributed by atoms with van der Waals surface area (Å²) in [5.74, 6) is 0.417. The third-order valence-corrected chi connectivity index (χ3v) is 3.75. The molecule has 0 saturated heterocycles. The van der Waals surface area contributed by atoms with E-state index in [1.807, 2.05) is 24.3 Å². The molecule has 0 saturated carbocycles. The van der Waals surface area contributed by atoms with Crippen molar-refractivity contribution in [3.8, 4) is 5.88 Å². The zero-order valence-corrected chi connectivity index (χ0v) is 13.1. The standard InChI is InChI=1S/C17H16ClN3O/c1-10(2)11-6-7-15-14(8-11)16(17(22)19-15)21-20-13-5-3-4-12(18)9-13/h3-10,19,22H,1-2H3. The number of hydrogen-bond donors (Lipinski definition) is 2. The fourth-order valence-corrected chi connectivity index (χ4v) is 2.47. The molecule has 4 nitrogen and oxygen atoms in total. The van der Waals surface area contributed by atoms with Crippen LogP contribution in [0.15, 0.2) is 52.7 Å². The van der Waals surface area contributed by atoms with Crippen LogP contribution < -0.4 is 0 Å². The van der Waals surface area contributed by atoms with Crippen LogP contribution in [0, 0.1) is 0 Å². The molecule has 0 aliphatic carbocycles. The maximum Gasteiger partial charge on any atom is 0.218 e. The fourth-order valence-electron chi connectivity index (χ4n) is 2.29. The molecule has 1 aromatic heterocycles. The van der Waals surface area contributed by atoms with Crippen molar-refractivity contribution in [1.82, 2.24) is 4.98 Å². The van der Waals surface area contributed by atoms with E-state index >= 15 is 0 Å². The Hall–Kier alpha value is -2.33. The Bertz CT molecular complexity index is 852. The molecule has 0 atom stereocenters. The lowest BCUT2D eigenvalue weighted by atomic mass is 10.0. The summed E-state index contributed by atoms with van der Waals surface area (Å²) in [6.07, 6.45) is 0. The van der Waals surface area contributed by atoms with Crippen molar-refractivity contribution >= 4 is 33.9 Å². The Kier molecular flexibility index (Phi) is 3.86. The van der Waals surface area contributed by atoms with E-state index in [2.05, 4.69) is 29.1 Å². The lowest BCUT2D eigenvalue weighted by Gasteiger charge is -2.04. The zero-order chi connectivity index (χ0) is 15.7. The van der Waals surface area contributed by atoms with Gasteiger partial charge in [-0.25, -0.2) is 0 Å². The second kappa shape index (κ2) is 5.81. The minimum atomic E-state index is 0.0154. The number of azo groups is 1. The summed E-state index contributed by atoms with van der Waals surface area (Å²) < 4.78 is 0. The van der Waals surface area contributed by atoms with Crippen molar-refractivity contribution in [2.45, 2.75) is 19.8 Å². The number of aromatic amines is 1. The predicted molar refractivity (Wildman–Crippen MR) is 89.7 cm³/mol. The number of nitrogens with one attached hydrogen (secondary N) is 1. The van der Waals surface area contributed by atoms with Gasteiger partial charge in [-0.2, -0.15) is 5.11 Å². The van der Waals surface area contributed by atoms with Crippen LogP contribution in [-0.2, 0) is 0 Å². The summed E-state index contributed by atoms with van der Waals surface area (Å²) in [6.45, 7) is 4.25. The molecule has 0 aliphatic rings. The molecule has 0 spiro atoms. The van der Waals surface area contributed by atoms with Crippen LogP contribution in [0.5, 0.6) is 5.88 Å². The first-order valence-corrected chi connectivity index (χ1v) is 7.44. The van der Waals surface area contributed by atoms with Gasteiger partial charge in [-0.05, 0) is 41.8 Å². The monoisotopic (exact) mass is 313 g/mol. The molecule has 0 amide bonds. The average molecular weight is 314 g/mol. The highest BCUT2D eigenvalue weighted by Crippen LogP contribution is 2.37. The lowest BCUT2D eigenvalue weighted by Crippen LogP contribution is -1.85. The van der Waals surface area contributed by atoms with Crippen LogP contribution in [0.25, 0.3) is 10.9 Å². The van der Waals surface area contributed by atoms with Crippen molar-refractivity contribution in [3.63, 3.8) is 0 Å². The summed E-state index contributed by atoms with van der Waals surface area (Å²) in [4.78, 5) is 2.92. The van der Waals surface area contributed by atoms with Crippen LogP contribution in [-0.4, -0.2) is 10.1 Å². The SMILES string of the molecule is CC(C)c1ccc2[nH]c(O)c(N=Nc3cccc(Cl)c3)c2c1. The van der Waals surface area contributed by atoms with Crippen LogP contribution >= 0.6 is 11.6 Å². The van der Waals surface area contributed by atoms with E-state index in [1.165, 1.54) is 5.56 Å². The van der Waals surface area contributed by atoms with Crippen molar-refractivity contribution < 1.29 is 5.11 Å². The third-order valence-electron chi connectivity index (χ3n) is 3.52. The summed E-state index contributed by atoms with van der Waals surface area (Å²) in [5.41, 5.74) is 3.10. The third kappa shape index (κ3) is 2.83. The molecule has 0 radical (unpaired) electrons. The molecule has 3 aromatic rings. The molecule has 0 fully saturated rings. The lowest BCUT2D eigenvalue weighted by molar-refractivity contribution is 0.459. The molecule has 112 valence electrons. The maximum atomic E-state index is 10.1.